The molecule has 0 radical (unpaired) electrons. The zero-order valence-corrected chi connectivity index (χ0v) is 16.3. The predicted molar refractivity (Wildman–Crippen MR) is 115 cm³/mol. The predicted octanol–water partition coefficient (Wildman–Crippen LogP) is 4.55. The van der Waals surface area contributed by atoms with E-state index in [-0.39, 0.29) is 17.3 Å². The molecule has 0 aliphatic carbocycles. The van der Waals surface area contributed by atoms with Crippen LogP contribution in [-0.2, 0) is 0 Å². The van der Waals surface area contributed by atoms with Crippen LogP contribution in [0.1, 0.15) is 15.9 Å². The van der Waals surface area contributed by atoms with Gasteiger partial charge in [-0.3, -0.25) is 4.79 Å². The molecule has 0 saturated carbocycles. The molecule has 5 nitrogen and oxygen atoms in total. The second-order valence-electron chi connectivity index (χ2n) is 6.52. The fraction of sp³-hybridized carbons (Fsp3) is 0.0870. The zero-order chi connectivity index (χ0) is 20.4. The largest absolute Gasteiger partial charge is 0.508 e. The number of rotatable bonds is 6. The number of benzene rings is 3. The molecule has 4 aromatic rings. The number of aromatic hydroxyl groups is 2. The van der Waals surface area contributed by atoms with Gasteiger partial charge in [-0.15, -0.1) is 11.3 Å². The van der Waals surface area contributed by atoms with Crippen molar-refractivity contribution in [3.8, 4) is 27.7 Å². The van der Waals surface area contributed by atoms with E-state index in [1.807, 2.05) is 0 Å². The number of phenolic OH excluding ortho intramolecular Hbond substituents is 2. The topological polar surface area (TPSA) is 92.8 Å². The molecule has 6 heteroatoms. The van der Waals surface area contributed by atoms with Crippen LogP contribution in [0, 0.1) is 0 Å². The van der Waals surface area contributed by atoms with Crippen molar-refractivity contribution in [1.29, 1.82) is 0 Å². The Kier molecular flexibility index (Phi) is 5.20. The van der Waals surface area contributed by atoms with Crippen LogP contribution in [0.3, 0.4) is 0 Å². The van der Waals surface area contributed by atoms with Crippen LogP contribution in [0.4, 0.5) is 0 Å². The van der Waals surface area contributed by atoms with Gasteiger partial charge in [0.05, 0.1) is 0 Å². The summed E-state index contributed by atoms with van der Waals surface area (Å²) in [7, 11) is 0. The van der Waals surface area contributed by atoms with Crippen molar-refractivity contribution in [1.82, 2.24) is 0 Å². The van der Waals surface area contributed by atoms with Crippen LogP contribution >= 0.6 is 11.3 Å². The normalized spacial score (nSPS) is 10.9. The molecule has 4 N–H and O–H groups in total. The molecule has 1 heterocycles. The Morgan fingerprint density at radius 3 is 2.31 bits per heavy atom. The third-order valence-corrected chi connectivity index (χ3v) is 5.73. The van der Waals surface area contributed by atoms with Crippen molar-refractivity contribution in [3.05, 3.63) is 77.9 Å². The second kappa shape index (κ2) is 7.95. The average Bonchev–Trinajstić information content (AvgIpc) is 3.11. The summed E-state index contributed by atoms with van der Waals surface area (Å²) in [4.78, 5) is 14.2. The number of hydrogen-bond donors (Lipinski definition) is 3. The molecule has 0 bridgehead atoms. The van der Waals surface area contributed by atoms with E-state index in [1.54, 1.807) is 66.7 Å². The number of thiophene rings is 1. The molecule has 0 spiro atoms. The maximum absolute atomic E-state index is 13.4. The molecular formula is C23H19NO4S. The number of carbonyl (C=O) groups excluding carboxylic acids is 1. The first kappa shape index (κ1) is 19.0. The van der Waals surface area contributed by atoms with Crippen molar-refractivity contribution in [3.63, 3.8) is 0 Å². The average molecular weight is 405 g/mol. The van der Waals surface area contributed by atoms with Gasteiger partial charge in [-0.2, -0.15) is 0 Å². The van der Waals surface area contributed by atoms with Crippen molar-refractivity contribution in [2.24, 2.45) is 5.73 Å². The van der Waals surface area contributed by atoms with Crippen molar-refractivity contribution >= 4 is 27.2 Å². The lowest BCUT2D eigenvalue weighted by atomic mass is 9.97. The van der Waals surface area contributed by atoms with Gasteiger partial charge in [0, 0.05) is 32.6 Å². The minimum atomic E-state index is -0.115. The van der Waals surface area contributed by atoms with Crippen molar-refractivity contribution in [2.75, 3.05) is 13.2 Å². The highest BCUT2D eigenvalue weighted by Gasteiger charge is 2.22. The summed E-state index contributed by atoms with van der Waals surface area (Å²) in [5.74, 6) is 0.853. The molecule has 4 rings (SSSR count). The number of carbonyl (C=O) groups is 1. The SMILES string of the molecule is NCCOc1ccc(C(=O)c2c(-c3ccc(O)cc3)sc3cc(O)ccc23)cc1. The maximum atomic E-state index is 13.4. The van der Waals surface area contributed by atoms with Crippen LogP contribution < -0.4 is 10.5 Å². The Bertz CT molecular complexity index is 1160. The summed E-state index contributed by atoms with van der Waals surface area (Å²) in [6.45, 7) is 0.835. The van der Waals surface area contributed by atoms with Crippen molar-refractivity contribution in [2.45, 2.75) is 0 Å². The summed E-state index contributed by atoms with van der Waals surface area (Å²) in [6, 6.07) is 18.7. The number of fused-ring (bicyclic) bond motifs is 1. The van der Waals surface area contributed by atoms with Crippen LogP contribution in [0.25, 0.3) is 20.5 Å². The summed E-state index contributed by atoms with van der Waals surface area (Å²) >= 11 is 1.43. The summed E-state index contributed by atoms with van der Waals surface area (Å²) in [5.41, 5.74) is 7.40. The minimum Gasteiger partial charge on any atom is -0.508 e. The van der Waals surface area contributed by atoms with Crippen LogP contribution in [0.5, 0.6) is 17.2 Å². The van der Waals surface area contributed by atoms with Gasteiger partial charge < -0.3 is 20.7 Å². The molecule has 0 fully saturated rings. The summed E-state index contributed by atoms with van der Waals surface area (Å²) < 4.78 is 6.30. The second-order valence-corrected chi connectivity index (χ2v) is 7.58. The van der Waals surface area contributed by atoms with E-state index in [2.05, 4.69) is 0 Å². The lowest BCUT2D eigenvalue weighted by Gasteiger charge is -2.07. The molecule has 0 unspecified atom stereocenters. The Labute approximate surface area is 171 Å². The van der Waals surface area contributed by atoms with E-state index in [0.717, 1.165) is 20.5 Å². The molecule has 0 saturated heterocycles. The van der Waals surface area contributed by atoms with Crippen molar-refractivity contribution < 1.29 is 19.7 Å². The number of ether oxygens (including phenoxy) is 1. The number of ketones is 1. The van der Waals surface area contributed by atoms with E-state index in [0.29, 0.717) is 30.0 Å². The van der Waals surface area contributed by atoms with Gasteiger partial charge in [0.2, 0.25) is 0 Å². The number of phenols is 2. The molecular weight excluding hydrogens is 386 g/mol. The Hall–Kier alpha value is -3.35. The molecule has 0 aliphatic heterocycles. The van der Waals surface area contributed by atoms with E-state index < -0.39 is 0 Å². The molecule has 0 aliphatic rings. The lowest BCUT2D eigenvalue weighted by molar-refractivity contribution is 0.104. The Morgan fingerprint density at radius 2 is 1.62 bits per heavy atom. The van der Waals surface area contributed by atoms with E-state index in [1.165, 1.54) is 11.3 Å². The highest BCUT2D eigenvalue weighted by Crippen LogP contribution is 2.41. The molecule has 3 aromatic carbocycles. The van der Waals surface area contributed by atoms with Crippen LogP contribution in [-0.4, -0.2) is 29.1 Å². The fourth-order valence-corrected chi connectivity index (χ4v) is 4.39. The standard InChI is InChI=1S/C23H19NO4S/c24-11-12-28-18-8-3-14(4-9-18)22(27)21-19-10-7-17(26)13-20(19)29-23(21)15-1-5-16(25)6-2-15/h1-10,13,25-26H,11-12,24H2. The molecule has 146 valence electrons. The lowest BCUT2D eigenvalue weighted by Crippen LogP contribution is -2.10. The number of hydrogen-bond acceptors (Lipinski definition) is 6. The summed E-state index contributed by atoms with van der Waals surface area (Å²) in [6.07, 6.45) is 0. The highest BCUT2D eigenvalue weighted by molar-refractivity contribution is 7.22. The molecule has 29 heavy (non-hydrogen) atoms. The van der Waals surface area contributed by atoms with Gasteiger partial charge in [0.1, 0.15) is 23.9 Å². The smallest absolute Gasteiger partial charge is 0.195 e. The monoisotopic (exact) mass is 405 g/mol. The van der Waals surface area contributed by atoms with E-state index in [4.69, 9.17) is 10.5 Å². The molecule has 0 atom stereocenters. The van der Waals surface area contributed by atoms with Gasteiger partial charge >= 0.3 is 0 Å². The molecule has 1 aromatic heterocycles. The third-order valence-electron chi connectivity index (χ3n) is 4.53. The van der Waals surface area contributed by atoms with Crippen LogP contribution in [0.2, 0.25) is 0 Å². The van der Waals surface area contributed by atoms with Gasteiger partial charge in [-0.25, -0.2) is 0 Å². The molecule has 0 amide bonds. The Balaban J connectivity index is 1.81. The maximum Gasteiger partial charge on any atom is 0.195 e. The Morgan fingerprint density at radius 1 is 0.931 bits per heavy atom. The summed E-state index contributed by atoms with van der Waals surface area (Å²) in [5, 5.41) is 20.2. The minimum absolute atomic E-state index is 0.115. The first-order valence-electron chi connectivity index (χ1n) is 9.09. The van der Waals surface area contributed by atoms with E-state index >= 15 is 0 Å². The fourth-order valence-electron chi connectivity index (χ4n) is 3.15. The zero-order valence-electron chi connectivity index (χ0n) is 15.5. The van der Waals surface area contributed by atoms with E-state index in [9.17, 15) is 15.0 Å². The quantitative estimate of drug-likeness (QED) is 0.409. The van der Waals surface area contributed by atoms with Crippen LogP contribution in [0.15, 0.2) is 66.7 Å². The number of nitrogens with two attached hydrogens (primary N) is 1. The first-order chi connectivity index (χ1) is 14.1. The van der Waals surface area contributed by atoms with Gasteiger partial charge in [-0.05, 0) is 72.3 Å². The van der Waals surface area contributed by atoms with Gasteiger partial charge in [0.25, 0.3) is 0 Å². The van der Waals surface area contributed by atoms with Gasteiger partial charge in [-0.1, -0.05) is 0 Å². The highest BCUT2D eigenvalue weighted by atomic mass is 32.1. The third kappa shape index (κ3) is 3.81. The first-order valence-corrected chi connectivity index (χ1v) is 9.91. The van der Waals surface area contributed by atoms with Gasteiger partial charge in [0.15, 0.2) is 5.78 Å².